The Kier molecular flexibility index (Phi) is 7.01. The average Bonchev–Trinajstić information content (AvgIpc) is 2.67. The molecule has 0 aromatic heterocycles. The van der Waals surface area contributed by atoms with Crippen LogP contribution in [0.1, 0.15) is 38.8 Å². The van der Waals surface area contributed by atoms with Crippen LogP contribution in [0, 0.1) is 0 Å². The molecule has 2 aliphatic rings. The van der Waals surface area contributed by atoms with E-state index in [0.29, 0.717) is 26.3 Å². The molecule has 1 aromatic carbocycles. The van der Waals surface area contributed by atoms with Crippen molar-refractivity contribution in [3.05, 3.63) is 29.3 Å². The number of benzene rings is 1. The Balaban J connectivity index is 1.61. The van der Waals surface area contributed by atoms with Gasteiger partial charge in [-0.2, -0.15) is 0 Å². The lowest BCUT2D eigenvalue weighted by molar-refractivity contribution is 0.000523. The average molecular weight is 408 g/mol. The number of halogens is 1. The number of piperazine rings is 1. The van der Waals surface area contributed by atoms with Gasteiger partial charge in [-0.15, -0.1) is 0 Å². The van der Waals surface area contributed by atoms with Gasteiger partial charge in [-0.25, -0.2) is 9.18 Å². The van der Waals surface area contributed by atoms with Crippen LogP contribution in [0.25, 0.3) is 0 Å². The smallest absolute Gasteiger partial charge is 0.410 e. The third kappa shape index (κ3) is 5.82. The number of hydrogen-bond acceptors (Lipinski definition) is 5. The van der Waals surface area contributed by atoms with Crippen LogP contribution < -0.4 is 4.90 Å². The number of amides is 1. The highest BCUT2D eigenvalue weighted by atomic mass is 19.1. The van der Waals surface area contributed by atoms with Crippen molar-refractivity contribution >= 4 is 11.8 Å². The first-order valence-corrected chi connectivity index (χ1v) is 10.5. The molecule has 2 saturated heterocycles. The van der Waals surface area contributed by atoms with Crippen molar-refractivity contribution in [1.29, 1.82) is 0 Å². The molecule has 0 unspecified atom stereocenters. The zero-order chi connectivity index (χ0) is 21.0. The van der Waals surface area contributed by atoms with Crippen LogP contribution in [0.2, 0.25) is 0 Å². The van der Waals surface area contributed by atoms with Crippen molar-refractivity contribution in [3.63, 3.8) is 0 Å². The molecule has 0 bridgehead atoms. The molecule has 3 rings (SSSR count). The van der Waals surface area contributed by atoms with E-state index in [1.165, 1.54) is 0 Å². The Bertz CT molecular complexity index is 701. The normalized spacial score (nSPS) is 21.3. The van der Waals surface area contributed by atoms with Crippen molar-refractivity contribution in [3.8, 4) is 0 Å². The van der Waals surface area contributed by atoms with Gasteiger partial charge in [0.1, 0.15) is 12.3 Å². The molecule has 162 valence electrons. The lowest BCUT2D eigenvalue weighted by atomic mass is 10.0. The summed E-state index contributed by atoms with van der Waals surface area (Å²) in [6.45, 7) is 13.1. The number of ether oxygens (including phenoxy) is 2. The molecule has 0 radical (unpaired) electrons. The molecule has 7 heteroatoms. The summed E-state index contributed by atoms with van der Waals surface area (Å²) < 4.78 is 24.7. The topological polar surface area (TPSA) is 45.2 Å². The number of nitrogens with zero attached hydrogens (tertiary/aromatic N) is 3. The highest BCUT2D eigenvalue weighted by Gasteiger charge is 2.31. The van der Waals surface area contributed by atoms with E-state index in [2.05, 4.69) is 15.9 Å². The summed E-state index contributed by atoms with van der Waals surface area (Å²) in [6, 6.07) is 6.16. The van der Waals surface area contributed by atoms with E-state index in [-0.39, 0.29) is 12.1 Å². The fourth-order valence-corrected chi connectivity index (χ4v) is 3.92. The first kappa shape index (κ1) is 21.8. The van der Waals surface area contributed by atoms with Crippen molar-refractivity contribution in [2.75, 3.05) is 50.8 Å². The first-order valence-electron chi connectivity index (χ1n) is 10.5. The summed E-state index contributed by atoms with van der Waals surface area (Å²) in [4.78, 5) is 18.7. The maximum atomic E-state index is 13.8. The quantitative estimate of drug-likeness (QED) is 0.765. The third-order valence-electron chi connectivity index (χ3n) is 5.44. The summed E-state index contributed by atoms with van der Waals surface area (Å²) in [6.07, 6.45) is -0.260. The van der Waals surface area contributed by atoms with Gasteiger partial charge in [-0.05, 0) is 51.0 Å². The number of rotatable bonds is 4. The molecule has 0 saturated carbocycles. The van der Waals surface area contributed by atoms with Gasteiger partial charge < -0.3 is 19.3 Å². The monoisotopic (exact) mass is 407 g/mol. The van der Waals surface area contributed by atoms with E-state index in [0.717, 1.165) is 43.0 Å². The van der Waals surface area contributed by atoms with E-state index in [1.807, 2.05) is 39.8 Å². The van der Waals surface area contributed by atoms with Crippen LogP contribution in [0.3, 0.4) is 0 Å². The molecule has 6 nitrogen and oxygen atoms in total. The van der Waals surface area contributed by atoms with Crippen molar-refractivity contribution < 1.29 is 18.7 Å². The highest BCUT2D eigenvalue weighted by Crippen LogP contribution is 2.24. The van der Waals surface area contributed by atoms with Gasteiger partial charge in [0.15, 0.2) is 0 Å². The van der Waals surface area contributed by atoms with Gasteiger partial charge in [-0.1, -0.05) is 6.07 Å². The summed E-state index contributed by atoms with van der Waals surface area (Å²) in [5.74, 6) is 0. The van der Waals surface area contributed by atoms with E-state index < -0.39 is 12.3 Å². The van der Waals surface area contributed by atoms with Gasteiger partial charge in [-0.3, -0.25) is 4.90 Å². The highest BCUT2D eigenvalue weighted by molar-refractivity contribution is 5.68. The predicted octanol–water partition coefficient (Wildman–Crippen LogP) is 3.43. The van der Waals surface area contributed by atoms with Crippen LogP contribution in [-0.4, -0.2) is 73.5 Å². The Labute approximate surface area is 173 Å². The van der Waals surface area contributed by atoms with E-state index in [9.17, 15) is 9.18 Å². The SMILES string of the molecule is C[C@@H]1CN(Cc2ccc(N3CCOCC3)cc2CF)CCN1C(=O)OC(C)(C)C. The van der Waals surface area contributed by atoms with Crippen LogP contribution in [0.4, 0.5) is 14.9 Å². The molecule has 1 atom stereocenters. The fourth-order valence-electron chi connectivity index (χ4n) is 3.92. The second kappa shape index (κ2) is 9.30. The van der Waals surface area contributed by atoms with Crippen molar-refractivity contribution in [1.82, 2.24) is 9.80 Å². The molecule has 2 heterocycles. The number of anilines is 1. The molecule has 1 amide bonds. The van der Waals surface area contributed by atoms with Crippen molar-refractivity contribution in [2.24, 2.45) is 0 Å². The van der Waals surface area contributed by atoms with Crippen LogP contribution >= 0.6 is 0 Å². The number of alkyl halides is 1. The number of carbonyl (C=O) groups excluding carboxylic acids is 1. The number of hydrogen-bond donors (Lipinski definition) is 0. The Morgan fingerprint density at radius 1 is 1.17 bits per heavy atom. The lowest BCUT2D eigenvalue weighted by Gasteiger charge is -2.40. The van der Waals surface area contributed by atoms with Crippen molar-refractivity contribution in [2.45, 2.75) is 52.6 Å². The molecular weight excluding hydrogens is 373 g/mol. The number of morpholine rings is 1. The largest absolute Gasteiger partial charge is 0.444 e. The fraction of sp³-hybridized carbons (Fsp3) is 0.682. The van der Waals surface area contributed by atoms with Crippen LogP contribution in [0.15, 0.2) is 18.2 Å². The maximum Gasteiger partial charge on any atom is 0.410 e. The third-order valence-corrected chi connectivity index (χ3v) is 5.44. The minimum Gasteiger partial charge on any atom is -0.444 e. The van der Waals surface area contributed by atoms with Crippen LogP contribution in [0.5, 0.6) is 0 Å². The van der Waals surface area contributed by atoms with Gasteiger partial charge in [0.25, 0.3) is 0 Å². The van der Waals surface area contributed by atoms with Crippen LogP contribution in [-0.2, 0) is 22.7 Å². The summed E-state index contributed by atoms with van der Waals surface area (Å²) >= 11 is 0. The van der Waals surface area contributed by atoms with E-state index in [4.69, 9.17) is 9.47 Å². The standard InChI is InChI=1S/C22H34FN3O3/c1-17-15-24(7-8-26(17)21(27)29-22(2,3)4)16-18-5-6-20(13-19(18)14-23)25-9-11-28-12-10-25/h5-6,13,17H,7-12,14-16H2,1-4H3/t17-/m1/s1. The number of carbonyl (C=O) groups is 1. The minimum absolute atomic E-state index is 0.0556. The first-order chi connectivity index (χ1) is 13.8. The van der Waals surface area contributed by atoms with Gasteiger partial charge in [0.2, 0.25) is 0 Å². The molecule has 2 fully saturated rings. The second-order valence-corrected chi connectivity index (χ2v) is 8.94. The summed E-state index contributed by atoms with van der Waals surface area (Å²) in [7, 11) is 0. The Morgan fingerprint density at radius 3 is 2.52 bits per heavy atom. The molecule has 2 aliphatic heterocycles. The lowest BCUT2D eigenvalue weighted by Crippen LogP contribution is -2.54. The van der Waals surface area contributed by atoms with E-state index in [1.54, 1.807) is 4.90 Å². The Morgan fingerprint density at radius 2 is 1.90 bits per heavy atom. The molecule has 0 spiro atoms. The predicted molar refractivity (Wildman–Crippen MR) is 112 cm³/mol. The molecule has 1 aromatic rings. The zero-order valence-electron chi connectivity index (χ0n) is 18.1. The van der Waals surface area contributed by atoms with Gasteiger partial charge in [0.05, 0.1) is 13.2 Å². The Hall–Kier alpha value is -1.86. The zero-order valence-corrected chi connectivity index (χ0v) is 18.1. The van der Waals surface area contributed by atoms with Gasteiger partial charge in [0, 0.05) is 51.0 Å². The summed E-state index contributed by atoms with van der Waals surface area (Å²) in [5.41, 5.74) is 2.33. The maximum absolute atomic E-state index is 13.8. The second-order valence-electron chi connectivity index (χ2n) is 8.94. The molecule has 0 N–H and O–H groups in total. The summed E-state index contributed by atoms with van der Waals surface area (Å²) in [5, 5.41) is 0. The molecule has 29 heavy (non-hydrogen) atoms. The molecular formula is C22H34FN3O3. The van der Waals surface area contributed by atoms with Gasteiger partial charge >= 0.3 is 6.09 Å². The molecule has 0 aliphatic carbocycles. The van der Waals surface area contributed by atoms with E-state index >= 15 is 0 Å². The minimum atomic E-state index is -0.494.